The molecule has 3 rings (SSSR count). The molecule has 4 unspecified atom stereocenters. The third kappa shape index (κ3) is 2.98. The SMILES string of the molecule is CCC(C)C1CN(C2CCN3CCCC3C2)CCN1. The van der Waals surface area contributed by atoms with Gasteiger partial charge in [0.05, 0.1) is 0 Å². The molecular formula is C16H31N3. The number of hydrogen-bond acceptors (Lipinski definition) is 3. The Labute approximate surface area is 118 Å². The molecule has 3 fully saturated rings. The molecule has 0 radical (unpaired) electrons. The van der Waals surface area contributed by atoms with E-state index in [1.54, 1.807) is 0 Å². The lowest BCUT2D eigenvalue weighted by atomic mass is 9.92. The van der Waals surface area contributed by atoms with Crippen molar-refractivity contribution in [2.45, 2.75) is 64.1 Å². The van der Waals surface area contributed by atoms with Crippen LogP contribution in [0.1, 0.15) is 46.0 Å². The summed E-state index contributed by atoms with van der Waals surface area (Å²) in [5, 5.41) is 3.73. The van der Waals surface area contributed by atoms with Gasteiger partial charge in [-0.1, -0.05) is 20.3 Å². The van der Waals surface area contributed by atoms with Crippen molar-refractivity contribution >= 4 is 0 Å². The van der Waals surface area contributed by atoms with E-state index in [1.165, 1.54) is 64.8 Å². The Balaban J connectivity index is 1.56. The van der Waals surface area contributed by atoms with Crippen molar-refractivity contribution in [3.05, 3.63) is 0 Å². The van der Waals surface area contributed by atoms with Gasteiger partial charge in [0.2, 0.25) is 0 Å². The van der Waals surface area contributed by atoms with Crippen LogP contribution in [0.4, 0.5) is 0 Å². The summed E-state index contributed by atoms with van der Waals surface area (Å²) in [4.78, 5) is 5.55. The molecule has 3 heterocycles. The summed E-state index contributed by atoms with van der Waals surface area (Å²) in [6.07, 6.45) is 7.04. The summed E-state index contributed by atoms with van der Waals surface area (Å²) in [6.45, 7) is 11.2. The van der Waals surface area contributed by atoms with Crippen LogP contribution in [0.15, 0.2) is 0 Å². The van der Waals surface area contributed by atoms with Crippen LogP contribution in [0.25, 0.3) is 0 Å². The van der Waals surface area contributed by atoms with Gasteiger partial charge in [-0.2, -0.15) is 0 Å². The molecular weight excluding hydrogens is 234 g/mol. The lowest BCUT2D eigenvalue weighted by Crippen LogP contribution is -2.58. The lowest BCUT2D eigenvalue weighted by Gasteiger charge is -2.45. The van der Waals surface area contributed by atoms with Crippen LogP contribution < -0.4 is 5.32 Å². The summed E-state index contributed by atoms with van der Waals surface area (Å²) in [5.74, 6) is 0.814. The predicted octanol–water partition coefficient (Wildman–Crippen LogP) is 1.93. The Morgan fingerprint density at radius 1 is 1.11 bits per heavy atom. The molecule has 0 spiro atoms. The maximum atomic E-state index is 3.73. The highest BCUT2D eigenvalue weighted by Crippen LogP contribution is 2.30. The first-order valence-corrected chi connectivity index (χ1v) is 8.49. The summed E-state index contributed by atoms with van der Waals surface area (Å²) in [7, 11) is 0. The van der Waals surface area contributed by atoms with Crippen LogP contribution in [-0.4, -0.2) is 60.6 Å². The first kappa shape index (κ1) is 13.8. The fourth-order valence-corrected chi connectivity index (χ4v) is 4.33. The lowest BCUT2D eigenvalue weighted by molar-refractivity contribution is 0.0587. The summed E-state index contributed by atoms with van der Waals surface area (Å²) in [5.41, 5.74) is 0. The molecule has 3 aliphatic heterocycles. The van der Waals surface area contributed by atoms with E-state index in [2.05, 4.69) is 29.0 Å². The number of piperidine rings is 1. The van der Waals surface area contributed by atoms with Crippen LogP contribution in [0.2, 0.25) is 0 Å². The van der Waals surface area contributed by atoms with Gasteiger partial charge in [-0.3, -0.25) is 4.90 Å². The van der Waals surface area contributed by atoms with Gasteiger partial charge >= 0.3 is 0 Å². The van der Waals surface area contributed by atoms with Crippen molar-refractivity contribution in [1.29, 1.82) is 0 Å². The van der Waals surface area contributed by atoms with Crippen molar-refractivity contribution in [3.8, 4) is 0 Å². The van der Waals surface area contributed by atoms with Crippen molar-refractivity contribution < 1.29 is 0 Å². The minimum absolute atomic E-state index is 0.723. The zero-order valence-electron chi connectivity index (χ0n) is 12.8. The van der Waals surface area contributed by atoms with Crippen LogP contribution >= 0.6 is 0 Å². The van der Waals surface area contributed by atoms with Crippen molar-refractivity contribution in [2.75, 3.05) is 32.7 Å². The highest BCUT2D eigenvalue weighted by atomic mass is 15.3. The van der Waals surface area contributed by atoms with Crippen LogP contribution in [-0.2, 0) is 0 Å². The molecule has 0 aromatic rings. The fourth-order valence-electron chi connectivity index (χ4n) is 4.33. The Kier molecular flexibility index (Phi) is 4.45. The average molecular weight is 265 g/mol. The molecule has 0 aliphatic carbocycles. The molecule has 0 aromatic carbocycles. The van der Waals surface area contributed by atoms with E-state index in [1.807, 2.05) is 0 Å². The molecule has 0 amide bonds. The highest BCUT2D eigenvalue weighted by molar-refractivity contribution is 4.93. The van der Waals surface area contributed by atoms with Gasteiger partial charge in [0.25, 0.3) is 0 Å². The van der Waals surface area contributed by atoms with Crippen molar-refractivity contribution in [1.82, 2.24) is 15.1 Å². The first-order valence-electron chi connectivity index (χ1n) is 8.49. The Morgan fingerprint density at radius 3 is 2.79 bits per heavy atom. The van der Waals surface area contributed by atoms with Crippen LogP contribution in [0.3, 0.4) is 0 Å². The molecule has 3 nitrogen and oxygen atoms in total. The third-order valence-corrected chi connectivity index (χ3v) is 5.88. The second-order valence-corrected chi connectivity index (χ2v) is 6.95. The maximum absolute atomic E-state index is 3.73. The largest absolute Gasteiger partial charge is 0.311 e. The van der Waals surface area contributed by atoms with Gasteiger partial charge in [-0.05, 0) is 44.7 Å². The minimum Gasteiger partial charge on any atom is -0.311 e. The topological polar surface area (TPSA) is 18.5 Å². The molecule has 3 aliphatic rings. The molecule has 3 saturated heterocycles. The summed E-state index contributed by atoms with van der Waals surface area (Å²) in [6, 6.07) is 2.50. The van der Waals surface area contributed by atoms with E-state index in [4.69, 9.17) is 0 Å². The number of nitrogens with one attached hydrogen (secondary N) is 1. The van der Waals surface area contributed by atoms with Crippen LogP contribution in [0, 0.1) is 5.92 Å². The zero-order chi connectivity index (χ0) is 13.2. The van der Waals surface area contributed by atoms with Gasteiger partial charge < -0.3 is 10.2 Å². The molecule has 0 saturated carbocycles. The smallest absolute Gasteiger partial charge is 0.0221 e. The quantitative estimate of drug-likeness (QED) is 0.841. The van der Waals surface area contributed by atoms with E-state index >= 15 is 0 Å². The normalized spacial score (nSPS) is 39.2. The highest BCUT2D eigenvalue weighted by Gasteiger charge is 2.36. The van der Waals surface area contributed by atoms with Gasteiger partial charge in [-0.15, -0.1) is 0 Å². The van der Waals surface area contributed by atoms with E-state index in [9.17, 15) is 0 Å². The van der Waals surface area contributed by atoms with Gasteiger partial charge in [0.1, 0.15) is 0 Å². The molecule has 1 N–H and O–H groups in total. The van der Waals surface area contributed by atoms with Gasteiger partial charge in [0, 0.05) is 37.8 Å². The standard InChI is InChI=1S/C16H31N3/c1-3-13(2)16-12-19(10-7-17-16)15-6-9-18-8-4-5-14(18)11-15/h13-17H,3-12H2,1-2H3. The van der Waals surface area contributed by atoms with Gasteiger partial charge in [0.15, 0.2) is 0 Å². The second kappa shape index (κ2) is 6.11. The molecule has 0 aromatic heterocycles. The molecule has 4 atom stereocenters. The van der Waals surface area contributed by atoms with E-state index in [-0.39, 0.29) is 0 Å². The second-order valence-electron chi connectivity index (χ2n) is 6.95. The number of rotatable bonds is 3. The van der Waals surface area contributed by atoms with Crippen molar-refractivity contribution in [2.24, 2.45) is 5.92 Å². The predicted molar refractivity (Wildman–Crippen MR) is 80.4 cm³/mol. The molecule has 3 heteroatoms. The average Bonchev–Trinajstić information content (AvgIpc) is 2.94. The van der Waals surface area contributed by atoms with Crippen molar-refractivity contribution in [3.63, 3.8) is 0 Å². The minimum atomic E-state index is 0.723. The number of fused-ring (bicyclic) bond motifs is 1. The Bertz CT molecular complexity index is 294. The van der Waals surface area contributed by atoms with E-state index in [0.29, 0.717) is 0 Å². The maximum Gasteiger partial charge on any atom is 0.0221 e. The first-order chi connectivity index (χ1) is 9.28. The number of hydrogen-bond donors (Lipinski definition) is 1. The summed E-state index contributed by atoms with van der Waals surface area (Å²) >= 11 is 0. The zero-order valence-corrected chi connectivity index (χ0v) is 12.8. The van der Waals surface area contributed by atoms with E-state index in [0.717, 1.165) is 24.0 Å². The number of piperazine rings is 1. The third-order valence-electron chi connectivity index (χ3n) is 5.88. The van der Waals surface area contributed by atoms with E-state index < -0.39 is 0 Å². The molecule has 19 heavy (non-hydrogen) atoms. The molecule has 110 valence electrons. The monoisotopic (exact) mass is 265 g/mol. The fraction of sp³-hybridized carbons (Fsp3) is 1.00. The van der Waals surface area contributed by atoms with Gasteiger partial charge in [-0.25, -0.2) is 0 Å². The molecule has 0 bridgehead atoms. The Morgan fingerprint density at radius 2 is 1.95 bits per heavy atom. The summed E-state index contributed by atoms with van der Waals surface area (Å²) < 4.78 is 0. The van der Waals surface area contributed by atoms with Crippen LogP contribution in [0.5, 0.6) is 0 Å². The number of nitrogens with zero attached hydrogens (tertiary/aromatic N) is 2. The Hall–Kier alpha value is -0.120.